The monoisotopic (exact) mass is 277 g/mol. The molecule has 5 nitrogen and oxygen atoms in total. The number of hydrogen-bond acceptors (Lipinski definition) is 5. The molecular formula is C15H19NO4. The highest BCUT2D eigenvalue weighted by atomic mass is 16.6. The Morgan fingerprint density at radius 3 is 2.50 bits per heavy atom. The smallest absolute Gasteiger partial charge is 0.369 e. The molecule has 20 heavy (non-hydrogen) atoms. The third kappa shape index (κ3) is 5.56. The van der Waals surface area contributed by atoms with E-state index in [0.717, 1.165) is 5.56 Å². The SMILES string of the molecule is C=C(C)NC(OC(=O)Cc1ccccc1)C(=O)OCC. The number of benzene rings is 1. The molecule has 0 amide bonds. The van der Waals surface area contributed by atoms with Crippen molar-refractivity contribution in [3.05, 3.63) is 48.2 Å². The van der Waals surface area contributed by atoms with E-state index >= 15 is 0 Å². The Morgan fingerprint density at radius 1 is 1.30 bits per heavy atom. The van der Waals surface area contributed by atoms with Crippen molar-refractivity contribution in [1.82, 2.24) is 5.32 Å². The average Bonchev–Trinajstić information content (AvgIpc) is 2.38. The molecule has 0 heterocycles. The molecule has 1 rings (SSSR count). The topological polar surface area (TPSA) is 64.6 Å². The van der Waals surface area contributed by atoms with Gasteiger partial charge in [0, 0.05) is 5.70 Å². The van der Waals surface area contributed by atoms with Gasteiger partial charge in [-0.15, -0.1) is 0 Å². The number of allylic oxidation sites excluding steroid dienone is 1. The molecule has 0 fully saturated rings. The summed E-state index contributed by atoms with van der Waals surface area (Å²) in [5.41, 5.74) is 1.32. The number of carbonyl (C=O) groups is 2. The summed E-state index contributed by atoms with van der Waals surface area (Å²) >= 11 is 0. The Labute approximate surface area is 118 Å². The second-order valence-electron chi connectivity index (χ2n) is 4.21. The van der Waals surface area contributed by atoms with E-state index in [1.165, 1.54) is 0 Å². The van der Waals surface area contributed by atoms with E-state index in [4.69, 9.17) is 9.47 Å². The zero-order valence-electron chi connectivity index (χ0n) is 11.7. The average molecular weight is 277 g/mol. The van der Waals surface area contributed by atoms with Crippen LogP contribution in [0.5, 0.6) is 0 Å². The highest BCUT2D eigenvalue weighted by Gasteiger charge is 2.23. The third-order valence-corrected chi connectivity index (χ3v) is 2.32. The molecule has 1 aromatic rings. The number of nitrogens with one attached hydrogen (secondary N) is 1. The van der Waals surface area contributed by atoms with Crippen LogP contribution in [0.2, 0.25) is 0 Å². The van der Waals surface area contributed by atoms with Gasteiger partial charge in [0.15, 0.2) is 0 Å². The predicted octanol–water partition coefficient (Wildman–Crippen LogP) is 1.78. The number of esters is 2. The standard InChI is InChI=1S/C15H19NO4/c1-4-19-15(18)14(16-11(2)3)20-13(17)10-12-8-6-5-7-9-12/h5-9,14,16H,2,4,10H2,1,3H3. The maximum absolute atomic E-state index is 11.8. The van der Waals surface area contributed by atoms with Gasteiger partial charge in [0.2, 0.25) is 0 Å². The summed E-state index contributed by atoms with van der Waals surface area (Å²) in [6.45, 7) is 7.18. The van der Waals surface area contributed by atoms with Crippen molar-refractivity contribution < 1.29 is 19.1 Å². The molecule has 0 aliphatic carbocycles. The molecule has 1 N–H and O–H groups in total. The molecule has 0 saturated carbocycles. The van der Waals surface area contributed by atoms with Crippen LogP contribution in [0.15, 0.2) is 42.6 Å². The van der Waals surface area contributed by atoms with Crippen molar-refractivity contribution in [2.24, 2.45) is 0 Å². The first-order chi connectivity index (χ1) is 9.52. The molecule has 0 bridgehead atoms. The quantitative estimate of drug-likeness (QED) is 0.608. The van der Waals surface area contributed by atoms with Crippen molar-refractivity contribution in [2.75, 3.05) is 6.61 Å². The van der Waals surface area contributed by atoms with Crippen LogP contribution in [0.1, 0.15) is 19.4 Å². The number of ether oxygens (including phenoxy) is 2. The Kier molecular flexibility index (Phi) is 6.29. The number of hydrogen-bond donors (Lipinski definition) is 1. The normalized spacial score (nSPS) is 11.3. The lowest BCUT2D eigenvalue weighted by atomic mass is 10.2. The van der Waals surface area contributed by atoms with Crippen molar-refractivity contribution in [3.63, 3.8) is 0 Å². The molecule has 1 unspecified atom stereocenters. The van der Waals surface area contributed by atoms with Crippen LogP contribution in [0.25, 0.3) is 0 Å². The molecular weight excluding hydrogens is 258 g/mol. The summed E-state index contributed by atoms with van der Waals surface area (Å²) in [6.07, 6.45) is -1.07. The number of rotatable bonds is 7. The van der Waals surface area contributed by atoms with Crippen LogP contribution >= 0.6 is 0 Å². The van der Waals surface area contributed by atoms with Gasteiger partial charge in [0.05, 0.1) is 13.0 Å². The molecule has 0 radical (unpaired) electrons. The van der Waals surface area contributed by atoms with Gasteiger partial charge < -0.3 is 14.8 Å². The van der Waals surface area contributed by atoms with Crippen LogP contribution in [0, 0.1) is 0 Å². The lowest BCUT2D eigenvalue weighted by Gasteiger charge is -2.18. The molecule has 5 heteroatoms. The summed E-state index contributed by atoms with van der Waals surface area (Å²) in [4.78, 5) is 23.5. The fourth-order valence-corrected chi connectivity index (χ4v) is 1.51. The molecule has 0 spiro atoms. The van der Waals surface area contributed by atoms with Crippen LogP contribution in [-0.2, 0) is 25.5 Å². The molecule has 0 aliphatic rings. The van der Waals surface area contributed by atoms with E-state index in [2.05, 4.69) is 11.9 Å². The van der Waals surface area contributed by atoms with E-state index in [-0.39, 0.29) is 13.0 Å². The Balaban J connectivity index is 2.61. The van der Waals surface area contributed by atoms with Crippen LogP contribution < -0.4 is 5.32 Å². The van der Waals surface area contributed by atoms with Gasteiger partial charge in [-0.3, -0.25) is 4.79 Å². The second kappa shape index (κ2) is 7.99. The minimum absolute atomic E-state index is 0.0919. The minimum atomic E-state index is -1.16. The second-order valence-corrected chi connectivity index (χ2v) is 4.21. The van der Waals surface area contributed by atoms with Crippen molar-refractivity contribution in [2.45, 2.75) is 26.5 Å². The van der Waals surface area contributed by atoms with Gasteiger partial charge in [-0.1, -0.05) is 36.9 Å². The molecule has 0 aliphatic heterocycles. The molecule has 0 aromatic heterocycles. The zero-order valence-corrected chi connectivity index (χ0v) is 11.7. The third-order valence-electron chi connectivity index (χ3n) is 2.32. The van der Waals surface area contributed by atoms with E-state index in [9.17, 15) is 9.59 Å². The van der Waals surface area contributed by atoms with Crippen LogP contribution in [0.3, 0.4) is 0 Å². The van der Waals surface area contributed by atoms with Gasteiger partial charge in [-0.2, -0.15) is 0 Å². The Morgan fingerprint density at radius 2 is 1.95 bits per heavy atom. The molecule has 1 aromatic carbocycles. The van der Waals surface area contributed by atoms with Crippen molar-refractivity contribution >= 4 is 11.9 Å². The maximum Gasteiger partial charge on any atom is 0.369 e. The maximum atomic E-state index is 11.8. The predicted molar refractivity (Wildman–Crippen MR) is 74.6 cm³/mol. The van der Waals surface area contributed by atoms with Gasteiger partial charge in [-0.05, 0) is 19.4 Å². The first-order valence-electron chi connectivity index (χ1n) is 6.35. The first-order valence-corrected chi connectivity index (χ1v) is 6.35. The molecule has 0 saturated heterocycles. The zero-order chi connectivity index (χ0) is 15.0. The Bertz CT molecular complexity index is 470. The van der Waals surface area contributed by atoms with E-state index in [0.29, 0.717) is 5.70 Å². The summed E-state index contributed by atoms with van der Waals surface area (Å²) < 4.78 is 9.93. The van der Waals surface area contributed by atoms with Gasteiger partial charge in [0.25, 0.3) is 6.23 Å². The highest BCUT2D eigenvalue weighted by Crippen LogP contribution is 2.04. The highest BCUT2D eigenvalue weighted by molar-refractivity contribution is 5.80. The summed E-state index contributed by atoms with van der Waals surface area (Å²) in [5.74, 6) is -1.15. The lowest BCUT2D eigenvalue weighted by molar-refractivity contribution is -0.169. The van der Waals surface area contributed by atoms with E-state index in [1.807, 2.05) is 30.3 Å². The lowest BCUT2D eigenvalue weighted by Crippen LogP contribution is -2.41. The fourth-order valence-electron chi connectivity index (χ4n) is 1.51. The summed E-state index contributed by atoms with van der Waals surface area (Å²) in [6, 6.07) is 9.15. The van der Waals surface area contributed by atoms with Gasteiger partial charge in [-0.25, -0.2) is 4.79 Å². The van der Waals surface area contributed by atoms with E-state index < -0.39 is 18.2 Å². The van der Waals surface area contributed by atoms with Gasteiger partial charge in [0.1, 0.15) is 0 Å². The largest absolute Gasteiger partial charge is 0.462 e. The fraction of sp³-hybridized carbons (Fsp3) is 0.333. The summed E-state index contributed by atoms with van der Waals surface area (Å²) in [5, 5.41) is 2.67. The number of carbonyl (C=O) groups excluding carboxylic acids is 2. The minimum Gasteiger partial charge on any atom is -0.462 e. The van der Waals surface area contributed by atoms with E-state index in [1.54, 1.807) is 13.8 Å². The first kappa shape index (κ1) is 15.8. The molecule has 108 valence electrons. The molecule has 1 atom stereocenters. The van der Waals surface area contributed by atoms with Crippen LogP contribution in [0.4, 0.5) is 0 Å². The van der Waals surface area contributed by atoms with Crippen LogP contribution in [-0.4, -0.2) is 24.8 Å². The Hall–Kier alpha value is -2.30. The summed E-state index contributed by atoms with van der Waals surface area (Å²) in [7, 11) is 0. The van der Waals surface area contributed by atoms with Crippen molar-refractivity contribution in [3.8, 4) is 0 Å². The van der Waals surface area contributed by atoms with Gasteiger partial charge >= 0.3 is 11.9 Å². The van der Waals surface area contributed by atoms with Crippen molar-refractivity contribution in [1.29, 1.82) is 0 Å².